The molecule has 1 aromatic carbocycles. The van der Waals surface area contributed by atoms with Crippen molar-refractivity contribution in [1.29, 1.82) is 5.26 Å². The van der Waals surface area contributed by atoms with E-state index in [1.165, 1.54) is 0 Å². The Labute approximate surface area is 76.9 Å². The van der Waals surface area contributed by atoms with Crippen LogP contribution in [-0.2, 0) is 6.42 Å². The maximum atomic E-state index is 8.62. The van der Waals surface area contributed by atoms with Crippen LogP contribution < -0.4 is 0 Å². The molecule has 1 rings (SSSR count). The minimum atomic E-state index is 0.575. The Kier molecular flexibility index (Phi) is 3.04. The molecule has 0 aromatic heterocycles. The van der Waals surface area contributed by atoms with E-state index in [-0.39, 0.29) is 0 Å². The first-order valence-corrected chi connectivity index (χ1v) is 3.93. The van der Waals surface area contributed by atoms with Gasteiger partial charge >= 0.3 is 0 Å². The first-order valence-electron chi connectivity index (χ1n) is 3.93. The molecule has 3 nitrogen and oxygen atoms in total. The van der Waals surface area contributed by atoms with Gasteiger partial charge in [0, 0.05) is 6.42 Å². The lowest BCUT2D eigenvalue weighted by Crippen LogP contribution is -1.97. The lowest BCUT2D eigenvalue weighted by molar-refractivity contribution is 0.317. The highest BCUT2D eigenvalue weighted by Gasteiger charge is 1.97. The van der Waals surface area contributed by atoms with Crippen LogP contribution in [0.3, 0.4) is 0 Å². The molecular weight excluding hydrogens is 164 g/mol. The number of nitrogens with zero attached hydrogens (tertiary/aromatic N) is 2. The third kappa shape index (κ3) is 2.60. The number of oxime groups is 1. The second-order valence-corrected chi connectivity index (χ2v) is 2.82. The van der Waals surface area contributed by atoms with Gasteiger partial charge in [0.1, 0.15) is 0 Å². The van der Waals surface area contributed by atoms with Crippen LogP contribution in [0.25, 0.3) is 0 Å². The quantitative estimate of drug-likeness (QED) is 0.423. The molecule has 0 fully saturated rings. The largest absolute Gasteiger partial charge is 0.411 e. The van der Waals surface area contributed by atoms with Crippen molar-refractivity contribution < 1.29 is 5.21 Å². The van der Waals surface area contributed by atoms with E-state index in [0.29, 0.717) is 17.7 Å². The third-order valence-corrected chi connectivity index (χ3v) is 1.69. The monoisotopic (exact) mass is 174 g/mol. The molecule has 0 saturated carbocycles. The molecule has 0 spiro atoms. The number of nitriles is 1. The number of benzene rings is 1. The van der Waals surface area contributed by atoms with Crippen molar-refractivity contribution in [2.75, 3.05) is 0 Å². The van der Waals surface area contributed by atoms with Crippen molar-refractivity contribution in [3.8, 4) is 6.07 Å². The van der Waals surface area contributed by atoms with E-state index in [1.807, 2.05) is 12.1 Å². The van der Waals surface area contributed by atoms with E-state index in [1.54, 1.807) is 19.1 Å². The molecule has 13 heavy (non-hydrogen) atoms. The Morgan fingerprint density at radius 2 is 2.38 bits per heavy atom. The SMILES string of the molecule is C/C(Cc1cccc(C#N)c1)=N\O. The van der Waals surface area contributed by atoms with E-state index in [0.717, 1.165) is 5.56 Å². The van der Waals surface area contributed by atoms with Gasteiger partial charge in [0.25, 0.3) is 0 Å². The number of hydrogen-bond acceptors (Lipinski definition) is 3. The summed E-state index contributed by atoms with van der Waals surface area (Å²) in [6, 6.07) is 9.30. The van der Waals surface area contributed by atoms with Gasteiger partial charge in [0.15, 0.2) is 0 Å². The van der Waals surface area contributed by atoms with Crippen LogP contribution in [0.2, 0.25) is 0 Å². The predicted molar refractivity (Wildman–Crippen MR) is 49.8 cm³/mol. The molecule has 3 heteroatoms. The first-order chi connectivity index (χ1) is 6.26. The fraction of sp³-hybridized carbons (Fsp3) is 0.200. The Morgan fingerprint density at radius 3 is 3.00 bits per heavy atom. The molecule has 0 aliphatic rings. The van der Waals surface area contributed by atoms with E-state index >= 15 is 0 Å². The zero-order chi connectivity index (χ0) is 9.68. The smallest absolute Gasteiger partial charge is 0.0991 e. The highest BCUT2D eigenvalue weighted by Crippen LogP contribution is 2.05. The molecule has 66 valence electrons. The van der Waals surface area contributed by atoms with Gasteiger partial charge in [-0.05, 0) is 24.6 Å². The van der Waals surface area contributed by atoms with Crippen molar-refractivity contribution in [2.24, 2.45) is 5.16 Å². The Balaban J connectivity index is 2.85. The molecule has 0 amide bonds. The van der Waals surface area contributed by atoms with Gasteiger partial charge in [-0.1, -0.05) is 17.3 Å². The van der Waals surface area contributed by atoms with Crippen LogP contribution >= 0.6 is 0 Å². The summed E-state index contributed by atoms with van der Waals surface area (Å²) in [6.07, 6.45) is 0.575. The van der Waals surface area contributed by atoms with Crippen LogP contribution in [0.1, 0.15) is 18.1 Å². The van der Waals surface area contributed by atoms with E-state index in [2.05, 4.69) is 11.2 Å². The summed E-state index contributed by atoms with van der Waals surface area (Å²) >= 11 is 0. The zero-order valence-corrected chi connectivity index (χ0v) is 7.36. The fourth-order valence-corrected chi connectivity index (χ4v) is 1.08. The van der Waals surface area contributed by atoms with E-state index in [4.69, 9.17) is 10.5 Å². The number of hydrogen-bond donors (Lipinski definition) is 1. The highest BCUT2D eigenvalue weighted by molar-refractivity contribution is 5.83. The molecule has 1 aromatic rings. The van der Waals surface area contributed by atoms with Gasteiger partial charge in [-0.3, -0.25) is 0 Å². The van der Waals surface area contributed by atoms with E-state index in [9.17, 15) is 0 Å². The normalized spacial score (nSPS) is 10.9. The predicted octanol–water partition coefficient (Wildman–Crippen LogP) is 1.95. The second kappa shape index (κ2) is 4.27. The molecule has 0 aliphatic heterocycles. The first kappa shape index (κ1) is 9.27. The second-order valence-electron chi connectivity index (χ2n) is 2.82. The standard InChI is InChI=1S/C10H10N2O/c1-8(12-13)5-9-3-2-4-10(6-9)7-11/h2-4,6,13H,5H2,1H3/b12-8+. The average molecular weight is 174 g/mol. The molecule has 0 radical (unpaired) electrons. The van der Waals surface area contributed by atoms with Crippen LogP contribution in [0.5, 0.6) is 0 Å². The molecule has 0 unspecified atom stereocenters. The maximum absolute atomic E-state index is 8.62. The van der Waals surface area contributed by atoms with Gasteiger partial charge in [-0.15, -0.1) is 0 Å². The summed E-state index contributed by atoms with van der Waals surface area (Å²) in [5.41, 5.74) is 2.24. The van der Waals surface area contributed by atoms with E-state index < -0.39 is 0 Å². The minimum absolute atomic E-state index is 0.575. The lowest BCUT2D eigenvalue weighted by atomic mass is 10.1. The molecule has 0 heterocycles. The summed E-state index contributed by atoms with van der Waals surface area (Å²) in [5.74, 6) is 0. The van der Waals surface area contributed by atoms with Gasteiger partial charge in [0.05, 0.1) is 17.3 Å². The molecule has 0 aliphatic carbocycles. The zero-order valence-electron chi connectivity index (χ0n) is 7.36. The molecule has 1 N–H and O–H groups in total. The summed E-state index contributed by atoms with van der Waals surface area (Å²) in [6.45, 7) is 1.74. The molecule has 0 atom stereocenters. The summed E-state index contributed by atoms with van der Waals surface area (Å²) in [4.78, 5) is 0. The van der Waals surface area contributed by atoms with Gasteiger partial charge in [0.2, 0.25) is 0 Å². The van der Waals surface area contributed by atoms with Crippen molar-refractivity contribution in [1.82, 2.24) is 0 Å². The fourth-order valence-electron chi connectivity index (χ4n) is 1.08. The van der Waals surface area contributed by atoms with Crippen molar-refractivity contribution >= 4 is 5.71 Å². The Morgan fingerprint density at radius 1 is 1.62 bits per heavy atom. The summed E-state index contributed by atoms with van der Waals surface area (Å²) in [7, 11) is 0. The Hall–Kier alpha value is -1.82. The topological polar surface area (TPSA) is 56.4 Å². The maximum Gasteiger partial charge on any atom is 0.0991 e. The lowest BCUT2D eigenvalue weighted by Gasteiger charge is -1.98. The van der Waals surface area contributed by atoms with Crippen molar-refractivity contribution in [2.45, 2.75) is 13.3 Å². The van der Waals surface area contributed by atoms with Crippen molar-refractivity contribution in [3.63, 3.8) is 0 Å². The van der Waals surface area contributed by atoms with Crippen LogP contribution in [0, 0.1) is 11.3 Å². The summed E-state index contributed by atoms with van der Waals surface area (Å²) < 4.78 is 0. The third-order valence-electron chi connectivity index (χ3n) is 1.69. The van der Waals surface area contributed by atoms with Crippen LogP contribution in [-0.4, -0.2) is 10.9 Å². The Bertz CT molecular complexity index is 363. The van der Waals surface area contributed by atoms with Crippen LogP contribution in [0.15, 0.2) is 29.4 Å². The minimum Gasteiger partial charge on any atom is -0.411 e. The average Bonchev–Trinajstić information content (AvgIpc) is 2.18. The molecule has 0 bridgehead atoms. The van der Waals surface area contributed by atoms with Gasteiger partial charge < -0.3 is 5.21 Å². The van der Waals surface area contributed by atoms with Crippen molar-refractivity contribution in [3.05, 3.63) is 35.4 Å². The van der Waals surface area contributed by atoms with Gasteiger partial charge in [-0.2, -0.15) is 5.26 Å². The molecule has 0 saturated heterocycles. The molecular formula is C10H10N2O. The highest BCUT2D eigenvalue weighted by atomic mass is 16.4. The van der Waals surface area contributed by atoms with Gasteiger partial charge in [-0.25, -0.2) is 0 Å². The summed E-state index contributed by atoms with van der Waals surface area (Å²) in [5, 5.41) is 20.1. The van der Waals surface area contributed by atoms with Crippen LogP contribution in [0.4, 0.5) is 0 Å². The number of rotatable bonds is 2.